The van der Waals surface area contributed by atoms with E-state index in [4.69, 9.17) is 10.5 Å². The van der Waals surface area contributed by atoms with Gasteiger partial charge in [-0.3, -0.25) is 9.78 Å². The number of carbonyl (C=O) groups is 1. The maximum Gasteiger partial charge on any atom is 0.309 e. The molecule has 1 aliphatic carbocycles. The summed E-state index contributed by atoms with van der Waals surface area (Å²) in [5.74, 6) is 0.661. The number of aromatic nitrogens is 1. The summed E-state index contributed by atoms with van der Waals surface area (Å²) >= 11 is 0. The first-order valence-corrected chi connectivity index (χ1v) is 13.2. The third-order valence-electron chi connectivity index (χ3n) is 8.45. The number of likely N-dealkylation sites (tertiary alicyclic amines) is 1. The number of hydrogen-bond acceptors (Lipinski definition) is 5. The highest BCUT2D eigenvalue weighted by atomic mass is 19.1. The van der Waals surface area contributed by atoms with Crippen molar-refractivity contribution in [1.82, 2.24) is 9.88 Å². The molecule has 0 bridgehead atoms. The van der Waals surface area contributed by atoms with Gasteiger partial charge in [-0.05, 0) is 81.4 Å². The van der Waals surface area contributed by atoms with E-state index < -0.39 is 17.6 Å². The number of hydrogen-bond donors (Lipinski definition) is 2. The molecule has 4 rings (SSSR count). The Labute approximate surface area is 208 Å². The van der Waals surface area contributed by atoms with Crippen molar-refractivity contribution in [3.05, 3.63) is 35.5 Å². The monoisotopic (exact) mass is 485 g/mol. The van der Waals surface area contributed by atoms with E-state index in [0.29, 0.717) is 47.0 Å². The Kier molecular flexibility index (Phi) is 8.60. The van der Waals surface area contributed by atoms with Gasteiger partial charge in [-0.2, -0.15) is 0 Å². The van der Waals surface area contributed by atoms with Crippen molar-refractivity contribution in [3.8, 4) is 5.75 Å². The van der Waals surface area contributed by atoms with Gasteiger partial charge in [-0.25, -0.2) is 4.39 Å². The molecule has 3 N–H and O–H groups in total. The molecule has 1 aliphatic heterocycles. The first-order chi connectivity index (χ1) is 17.0. The van der Waals surface area contributed by atoms with Crippen LogP contribution in [0.1, 0.15) is 81.5 Å². The van der Waals surface area contributed by atoms with Crippen molar-refractivity contribution in [1.29, 1.82) is 0 Å². The largest absolute Gasteiger partial charge is 0.497 e. The highest BCUT2D eigenvalue weighted by molar-refractivity contribution is 5.85. The van der Waals surface area contributed by atoms with Gasteiger partial charge >= 0.3 is 5.97 Å². The predicted octanol–water partition coefficient (Wildman–Crippen LogP) is 5.63. The lowest BCUT2D eigenvalue weighted by Crippen LogP contribution is -2.45. The van der Waals surface area contributed by atoms with E-state index in [-0.39, 0.29) is 13.0 Å². The smallest absolute Gasteiger partial charge is 0.309 e. The molecule has 1 aromatic heterocycles. The van der Waals surface area contributed by atoms with Crippen LogP contribution in [0, 0.1) is 11.3 Å². The van der Waals surface area contributed by atoms with E-state index in [1.165, 1.54) is 38.5 Å². The molecule has 1 saturated carbocycles. The van der Waals surface area contributed by atoms with Crippen LogP contribution >= 0.6 is 0 Å². The van der Waals surface area contributed by atoms with Crippen LogP contribution in [0.25, 0.3) is 10.9 Å². The second-order valence-electron chi connectivity index (χ2n) is 10.5. The molecule has 0 spiro atoms. The maximum atomic E-state index is 15.8. The number of carboxylic acids is 1. The Morgan fingerprint density at radius 2 is 2.03 bits per heavy atom. The van der Waals surface area contributed by atoms with Crippen LogP contribution in [0.3, 0.4) is 0 Å². The lowest BCUT2D eigenvalue weighted by Gasteiger charge is -2.40. The summed E-state index contributed by atoms with van der Waals surface area (Å²) in [6.45, 7) is 2.78. The summed E-state index contributed by atoms with van der Waals surface area (Å²) in [7, 11) is 1.58. The molecule has 1 aromatic carbocycles. The fourth-order valence-corrected chi connectivity index (χ4v) is 6.06. The number of aliphatic carboxylic acids is 1. The third kappa shape index (κ3) is 5.95. The third-order valence-corrected chi connectivity index (χ3v) is 8.45. The van der Waals surface area contributed by atoms with Crippen molar-refractivity contribution in [2.45, 2.75) is 76.9 Å². The lowest BCUT2D eigenvalue weighted by atomic mass is 9.74. The van der Waals surface area contributed by atoms with Gasteiger partial charge in [0.25, 0.3) is 0 Å². The van der Waals surface area contributed by atoms with Gasteiger partial charge in [-0.15, -0.1) is 0 Å². The fraction of sp³-hybridized carbons (Fsp3) is 0.643. The van der Waals surface area contributed by atoms with Crippen molar-refractivity contribution in [3.63, 3.8) is 0 Å². The fourth-order valence-electron chi connectivity index (χ4n) is 6.06. The topological polar surface area (TPSA) is 88.7 Å². The summed E-state index contributed by atoms with van der Waals surface area (Å²) in [5, 5.41) is 10.8. The number of carboxylic acid groups (broad SMARTS) is 1. The molecule has 2 aliphatic rings. The average Bonchev–Trinajstić information content (AvgIpc) is 2.90. The Morgan fingerprint density at radius 3 is 2.69 bits per heavy atom. The van der Waals surface area contributed by atoms with E-state index in [1.807, 2.05) is 6.07 Å². The predicted molar refractivity (Wildman–Crippen MR) is 136 cm³/mol. The van der Waals surface area contributed by atoms with Gasteiger partial charge in [-0.1, -0.05) is 32.1 Å². The zero-order valence-electron chi connectivity index (χ0n) is 21.0. The Hall–Kier alpha value is -2.25. The van der Waals surface area contributed by atoms with Crippen LogP contribution in [0.2, 0.25) is 0 Å². The van der Waals surface area contributed by atoms with Gasteiger partial charge < -0.3 is 20.5 Å². The second-order valence-corrected chi connectivity index (χ2v) is 10.5. The zero-order valence-corrected chi connectivity index (χ0v) is 21.0. The molecule has 0 amide bonds. The quantitative estimate of drug-likeness (QED) is 0.453. The summed E-state index contributed by atoms with van der Waals surface area (Å²) < 4.78 is 21.2. The van der Waals surface area contributed by atoms with E-state index in [2.05, 4.69) is 9.88 Å². The molecule has 7 heteroatoms. The summed E-state index contributed by atoms with van der Waals surface area (Å²) in [5.41, 5.74) is 6.91. The van der Waals surface area contributed by atoms with Crippen molar-refractivity contribution in [2.24, 2.45) is 17.1 Å². The van der Waals surface area contributed by atoms with E-state index in [1.54, 1.807) is 25.4 Å². The number of methoxy groups -OCH3 is 1. The molecule has 192 valence electrons. The lowest BCUT2D eigenvalue weighted by molar-refractivity contribution is -0.153. The normalized spacial score (nSPS) is 20.1. The van der Waals surface area contributed by atoms with Crippen molar-refractivity contribution >= 4 is 16.9 Å². The van der Waals surface area contributed by atoms with Crippen molar-refractivity contribution in [2.75, 3.05) is 26.7 Å². The molecule has 1 saturated heterocycles. The van der Waals surface area contributed by atoms with E-state index in [9.17, 15) is 9.90 Å². The standard InChI is InChI=1S/C28H40FN3O3/c1-35-22-7-8-25-23(17-22)26(21(18-30)19-31-25)24(29)9-11-28(27(33)34)12-15-32(16-13-28)14-10-20-5-3-2-4-6-20/h7-8,17,19-20,24H,2-6,9-16,18,30H2,1H3,(H,33,34)/t24-/m1/s1. The number of rotatable bonds is 10. The minimum Gasteiger partial charge on any atom is -0.497 e. The summed E-state index contributed by atoms with van der Waals surface area (Å²) in [6, 6.07) is 5.41. The molecule has 2 aromatic rings. The summed E-state index contributed by atoms with van der Waals surface area (Å²) in [4.78, 5) is 19.2. The first-order valence-electron chi connectivity index (χ1n) is 13.2. The van der Waals surface area contributed by atoms with E-state index >= 15 is 4.39 Å². The summed E-state index contributed by atoms with van der Waals surface area (Å²) in [6.07, 6.45) is 9.90. The zero-order chi connectivity index (χ0) is 24.8. The number of pyridine rings is 1. The number of alkyl halides is 1. The molecular weight excluding hydrogens is 445 g/mol. The number of ether oxygens (including phenoxy) is 1. The Balaban J connectivity index is 1.42. The Morgan fingerprint density at radius 1 is 1.29 bits per heavy atom. The number of nitrogens with zero attached hydrogens (tertiary/aromatic N) is 2. The molecule has 2 fully saturated rings. The first kappa shape index (κ1) is 25.8. The van der Waals surface area contributed by atoms with Crippen LogP contribution in [0.4, 0.5) is 4.39 Å². The number of halogens is 1. The number of nitrogens with two attached hydrogens (primary N) is 1. The minimum atomic E-state index is -1.31. The molecule has 1 atom stereocenters. The number of piperidine rings is 1. The molecule has 0 radical (unpaired) electrons. The average molecular weight is 486 g/mol. The SMILES string of the molecule is COc1ccc2ncc(CN)c([C@H](F)CCC3(C(=O)O)CCN(CCC4CCCCC4)CC3)c2c1. The molecule has 35 heavy (non-hydrogen) atoms. The van der Waals surface area contributed by atoms with Crippen molar-refractivity contribution < 1.29 is 19.0 Å². The van der Waals surface area contributed by atoms with Crippen LogP contribution in [-0.4, -0.2) is 47.7 Å². The van der Waals surface area contributed by atoms with Crippen LogP contribution < -0.4 is 10.5 Å². The second kappa shape index (κ2) is 11.7. The van der Waals surface area contributed by atoms with Gasteiger partial charge in [0, 0.05) is 23.7 Å². The highest BCUT2D eigenvalue weighted by Gasteiger charge is 2.42. The van der Waals surface area contributed by atoms with Crippen LogP contribution in [0.5, 0.6) is 5.75 Å². The molecule has 6 nitrogen and oxygen atoms in total. The van der Waals surface area contributed by atoms with Gasteiger partial charge in [0.1, 0.15) is 11.9 Å². The number of benzene rings is 1. The molecular formula is C28H40FN3O3. The van der Waals surface area contributed by atoms with Gasteiger partial charge in [0.05, 0.1) is 18.0 Å². The van der Waals surface area contributed by atoms with Crippen LogP contribution in [-0.2, 0) is 11.3 Å². The van der Waals surface area contributed by atoms with E-state index in [0.717, 1.165) is 25.6 Å². The Bertz CT molecular complexity index is 995. The number of fused-ring (bicyclic) bond motifs is 1. The highest BCUT2D eigenvalue weighted by Crippen LogP contribution is 2.41. The maximum absolute atomic E-state index is 15.8. The minimum absolute atomic E-state index is 0.150. The molecule has 2 heterocycles. The van der Waals surface area contributed by atoms with Crippen LogP contribution in [0.15, 0.2) is 24.4 Å². The van der Waals surface area contributed by atoms with Gasteiger partial charge in [0.2, 0.25) is 0 Å². The molecule has 0 unspecified atom stereocenters. The van der Waals surface area contributed by atoms with Gasteiger partial charge in [0.15, 0.2) is 0 Å².